The molecule has 0 unspecified atom stereocenters. The van der Waals surface area contributed by atoms with Crippen LogP contribution < -0.4 is 4.74 Å². The molecule has 26 heavy (non-hydrogen) atoms. The average Bonchev–Trinajstić information content (AvgIpc) is 3.22. The fraction of sp³-hybridized carbons (Fsp3) is 0.222. The van der Waals surface area contributed by atoms with Crippen LogP contribution in [0.3, 0.4) is 0 Å². The zero-order valence-corrected chi connectivity index (χ0v) is 15.8. The number of benzene rings is 1. The van der Waals surface area contributed by atoms with Gasteiger partial charge in [-0.3, -0.25) is 9.48 Å². The van der Waals surface area contributed by atoms with Crippen molar-refractivity contribution >= 4 is 29.1 Å². The number of nitrogens with zero attached hydrogens (tertiary/aromatic N) is 3. The van der Waals surface area contributed by atoms with E-state index in [-0.39, 0.29) is 18.3 Å². The topological polar surface area (TPSA) is 60.5 Å². The molecule has 6 nitrogen and oxygen atoms in total. The van der Waals surface area contributed by atoms with Gasteiger partial charge in [0, 0.05) is 25.3 Å². The normalized spacial score (nSPS) is 10.8. The molecule has 136 valence electrons. The van der Waals surface area contributed by atoms with Gasteiger partial charge in [0.25, 0.3) is 5.91 Å². The molecular weight excluding hydrogens is 377 g/mol. The van der Waals surface area contributed by atoms with E-state index in [4.69, 9.17) is 32.4 Å². The second kappa shape index (κ2) is 7.85. The third-order valence-corrected chi connectivity index (χ3v) is 4.18. The summed E-state index contributed by atoms with van der Waals surface area (Å²) >= 11 is 11.9. The van der Waals surface area contributed by atoms with E-state index in [1.807, 2.05) is 19.3 Å². The second-order valence-electron chi connectivity index (χ2n) is 5.77. The van der Waals surface area contributed by atoms with Crippen molar-refractivity contribution in [2.75, 3.05) is 7.05 Å². The van der Waals surface area contributed by atoms with Crippen molar-refractivity contribution in [2.45, 2.75) is 13.2 Å². The van der Waals surface area contributed by atoms with Crippen molar-refractivity contribution in [3.63, 3.8) is 0 Å². The highest BCUT2D eigenvalue weighted by Crippen LogP contribution is 2.28. The Kier molecular flexibility index (Phi) is 5.54. The van der Waals surface area contributed by atoms with Crippen LogP contribution in [0.15, 0.2) is 47.0 Å². The number of hydrogen-bond donors (Lipinski definition) is 0. The highest BCUT2D eigenvalue weighted by Gasteiger charge is 2.17. The van der Waals surface area contributed by atoms with E-state index >= 15 is 0 Å². The van der Waals surface area contributed by atoms with Crippen LogP contribution >= 0.6 is 23.2 Å². The van der Waals surface area contributed by atoms with Gasteiger partial charge in [-0.25, -0.2) is 0 Å². The summed E-state index contributed by atoms with van der Waals surface area (Å²) < 4.78 is 12.9. The van der Waals surface area contributed by atoms with Crippen molar-refractivity contribution in [3.05, 3.63) is 69.9 Å². The summed E-state index contributed by atoms with van der Waals surface area (Å²) in [5.74, 6) is 1.02. The van der Waals surface area contributed by atoms with Gasteiger partial charge in [0.1, 0.15) is 18.1 Å². The average molecular weight is 394 g/mol. The lowest BCUT2D eigenvalue weighted by Crippen LogP contribution is -2.26. The van der Waals surface area contributed by atoms with E-state index in [0.29, 0.717) is 28.1 Å². The van der Waals surface area contributed by atoms with Crippen LogP contribution in [0.2, 0.25) is 10.0 Å². The number of carbonyl (C=O) groups excluding carboxylic acids is 1. The Labute approximate surface area is 160 Å². The van der Waals surface area contributed by atoms with Crippen LogP contribution in [0.25, 0.3) is 0 Å². The molecule has 0 N–H and O–H groups in total. The van der Waals surface area contributed by atoms with Crippen molar-refractivity contribution in [1.29, 1.82) is 0 Å². The molecule has 8 heteroatoms. The molecule has 0 fully saturated rings. The van der Waals surface area contributed by atoms with Gasteiger partial charge in [0.15, 0.2) is 5.76 Å². The molecular formula is C18H17Cl2N3O3. The van der Waals surface area contributed by atoms with Gasteiger partial charge in [0.05, 0.1) is 17.3 Å². The van der Waals surface area contributed by atoms with Crippen LogP contribution in [0, 0.1) is 0 Å². The maximum atomic E-state index is 12.5. The van der Waals surface area contributed by atoms with Gasteiger partial charge in [0.2, 0.25) is 0 Å². The minimum absolute atomic E-state index is 0.151. The predicted molar refractivity (Wildman–Crippen MR) is 98.5 cm³/mol. The lowest BCUT2D eigenvalue weighted by atomic mass is 10.3. The van der Waals surface area contributed by atoms with E-state index in [2.05, 4.69) is 5.10 Å². The molecule has 3 aromatic rings. The number of ether oxygens (including phenoxy) is 1. The summed E-state index contributed by atoms with van der Waals surface area (Å²) in [6.45, 7) is 0.547. The van der Waals surface area contributed by atoms with Gasteiger partial charge in [-0.05, 0) is 36.4 Å². The SMILES string of the molecule is CN(Cc1ccn(C)n1)C(=O)c1ccc(COc2ccc(Cl)cc2Cl)o1. The Morgan fingerprint density at radius 3 is 2.77 bits per heavy atom. The van der Waals surface area contributed by atoms with E-state index in [1.165, 1.54) is 0 Å². The Hall–Kier alpha value is -2.44. The Morgan fingerprint density at radius 1 is 1.27 bits per heavy atom. The Morgan fingerprint density at radius 2 is 2.08 bits per heavy atom. The van der Waals surface area contributed by atoms with Gasteiger partial charge in [-0.15, -0.1) is 0 Å². The number of hydrogen-bond acceptors (Lipinski definition) is 4. The van der Waals surface area contributed by atoms with Gasteiger partial charge >= 0.3 is 0 Å². The minimum Gasteiger partial charge on any atom is -0.484 e. The number of halogens is 2. The molecule has 0 radical (unpaired) electrons. The van der Waals surface area contributed by atoms with Gasteiger partial charge in [-0.1, -0.05) is 23.2 Å². The van der Waals surface area contributed by atoms with Crippen LogP contribution in [0.4, 0.5) is 0 Å². The summed E-state index contributed by atoms with van der Waals surface area (Å²) in [5.41, 5.74) is 0.802. The minimum atomic E-state index is -0.230. The van der Waals surface area contributed by atoms with Crippen molar-refractivity contribution in [3.8, 4) is 5.75 Å². The molecule has 1 amide bonds. The number of aromatic nitrogens is 2. The summed E-state index contributed by atoms with van der Waals surface area (Å²) in [4.78, 5) is 14.0. The van der Waals surface area contributed by atoms with Crippen molar-refractivity contribution in [1.82, 2.24) is 14.7 Å². The third kappa shape index (κ3) is 4.39. The fourth-order valence-electron chi connectivity index (χ4n) is 2.36. The number of aryl methyl sites for hydroxylation is 1. The van der Waals surface area contributed by atoms with Crippen molar-refractivity contribution in [2.24, 2.45) is 7.05 Å². The molecule has 0 atom stereocenters. The highest BCUT2D eigenvalue weighted by atomic mass is 35.5. The van der Waals surface area contributed by atoms with Gasteiger partial charge < -0.3 is 14.1 Å². The monoisotopic (exact) mass is 393 g/mol. The van der Waals surface area contributed by atoms with E-state index in [1.54, 1.807) is 47.0 Å². The molecule has 2 heterocycles. The highest BCUT2D eigenvalue weighted by molar-refractivity contribution is 6.35. The molecule has 1 aromatic carbocycles. The molecule has 0 bridgehead atoms. The van der Waals surface area contributed by atoms with E-state index < -0.39 is 0 Å². The van der Waals surface area contributed by atoms with Crippen LogP contribution in [0.1, 0.15) is 22.0 Å². The summed E-state index contributed by atoms with van der Waals surface area (Å²) in [6, 6.07) is 10.2. The molecule has 0 aliphatic carbocycles. The first-order valence-corrected chi connectivity index (χ1v) is 8.58. The van der Waals surface area contributed by atoms with Crippen molar-refractivity contribution < 1.29 is 13.9 Å². The summed E-state index contributed by atoms with van der Waals surface area (Å²) in [7, 11) is 3.53. The molecule has 2 aromatic heterocycles. The quantitative estimate of drug-likeness (QED) is 0.630. The van der Waals surface area contributed by atoms with Crippen LogP contribution in [0.5, 0.6) is 5.75 Å². The molecule has 0 spiro atoms. The van der Waals surface area contributed by atoms with Gasteiger partial charge in [-0.2, -0.15) is 5.10 Å². The van der Waals surface area contributed by atoms with Crippen LogP contribution in [-0.2, 0) is 20.2 Å². The summed E-state index contributed by atoms with van der Waals surface area (Å²) in [6.07, 6.45) is 1.83. The Bertz CT molecular complexity index is 920. The summed E-state index contributed by atoms with van der Waals surface area (Å²) in [5, 5.41) is 5.20. The van der Waals surface area contributed by atoms with E-state index in [0.717, 1.165) is 5.69 Å². The smallest absolute Gasteiger partial charge is 0.289 e. The zero-order valence-electron chi connectivity index (χ0n) is 14.3. The maximum absolute atomic E-state index is 12.5. The number of rotatable bonds is 6. The fourth-order valence-corrected chi connectivity index (χ4v) is 2.83. The first kappa shape index (κ1) is 18.4. The molecule has 0 saturated heterocycles. The second-order valence-corrected chi connectivity index (χ2v) is 6.61. The number of furan rings is 1. The maximum Gasteiger partial charge on any atom is 0.289 e. The molecule has 0 aliphatic heterocycles. The standard InChI is InChI=1S/C18H17Cl2N3O3/c1-22(10-13-7-8-23(2)21-13)18(24)17-6-4-14(26-17)11-25-16-5-3-12(19)9-15(16)20/h3-9H,10-11H2,1-2H3. The predicted octanol–water partition coefficient (Wildman–Crippen LogP) is 4.17. The molecule has 0 saturated carbocycles. The molecule has 0 aliphatic rings. The van der Waals surface area contributed by atoms with Crippen LogP contribution in [-0.4, -0.2) is 27.6 Å². The lowest BCUT2D eigenvalue weighted by molar-refractivity contribution is 0.0747. The number of amides is 1. The first-order chi connectivity index (χ1) is 12.4. The molecule has 3 rings (SSSR count). The third-order valence-electron chi connectivity index (χ3n) is 3.65. The Balaban J connectivity index is 1.60. The first-order valence-electron chi connectivity index (χ1n) is 7.83. The zero-order chi connectivity index (χ0) is 18.7. The lowest BCUT2D eigenvalue weighted by Gasteiger charge is -2.14. The van der Waals surface area contributed by atoms with E-state index in [9.17, 15) is 4.79 Å². The number of carbonyl (C=O) groups is 1. The largest absolute Gasteiger partial charge is 0.484 e.